The average molecular weight is 326 g/mol. The maximum absolute atomic E-state index is 13.5. The van der Waals surface area contributed by atoms with Gasteiger partial charge in [0.05, 0.1) is 5.56 Å². The van der Waals surface area contributed by atoms with Crippen molar-refractivity contribution in [3.8, 4) is 11.4 Å². The molecule has 0 aliphatic heterocycles. The minimum atomic E-state index is -0.744. The number of hydrogen-bond donors (Lipinski definition) is 0. The lowest BCUT2D eigenvalue weighted by Gasteiger charge is -2.09. The Labute approximate surface area is 138 Å². The molecule has 0 spiro atoms. The number of aryl methyl sites for hydroxylation is 1. The van der Waals surface area contributed by atoms with Crippen LogP contribution in [0.1, 0.15) is 34.8 Å². The second-order valence-corrected chi connectivity index (χ2v) is 5.33. The van der Waals surface area contributed by atoms with Crippen LogP contribution in [-0.2, 0) is 4.74 Å². The van der Waals surface area contributed by atoms with E-state index in [9.17, 15) is 9.18 Å². The number of carbonyl (C=O) groups excluding carboxylic acids is 1. The molecule has 1 heterocycles. The normalized spacial score (nSPS) is 12.0. The van der Waals surface area contributed by atoms with Gasteiger partial charge in [0.15, 0.2) is 6.10 Å². The van der Waals surface area contributed by atoms with Crippen LogP contribution in [0, 0.1) is 12.7 Å². The Morgan fingerprint density at radius 3 is 2.67 bits per heavy atom. The van der Waals surface area contributed by atoms with E-state index in [-0.39, 0.29) is 11.5 Å². The average Bonchev–Trinajstić information content (AvgIpc) is 3.08. The second kappa shape index (κ2) is 6.62. The lowest BCUT2D eigenvalue weighted by molar-refractivity contribution is 0.0265. The lowest BCUT2D eigenvalue weighted by atomic mass is 10.1. The first-order valence-electron chi connectivity index (χ1n) is 7.41. The summed E-state index contributed by atoms with van der Waals surface area (Å²) in [6.07, 6.45) is -0.744. The first kappa shape index (κ1) is 15.9. The fourth-order valence-corrected chi connectivity index (χ4v) is 2.10. The molecule has 0 bridgehead atoms. The molecule has 0 saturated heterocycles. The van der Waals surface area contributed by atoms with Gasteiger partial charge < -0.3 is 9.26 Å². The molecule has 122 valence electrons. The Morgan fingerprint density at radius 2 is 1.96 bits per heavy atom. The summed E-state index contributed by atoms with van der Waals surface area (Å²) in [4.78, 5) is 16.3. The summed E-state index contributed by atoms with van der Waals surface area (Å²) in [5.74, 6) is -0.521. The van der Waals surface area contributed by atoms with E-state index in [1.807, 2.05) is 30.3 Å². The largest absolute Gasteiger partial charge is 0.449 e. The molecule has 3 aromatic rings. The van der Waals surface area contributed by atoms with Gasteiger partial charge in [0.1, 0.15) is 5.82 Å². The molecular formula is C18H15FN2O3. The molecule has 0 amide bonds. The Morgan fingerprint density at radius 1 is 1.21 bits per heavy atom. The second-order valence-electron chi connectivity index (χ2n) is 5.33. The summed E-state index contributed by atoms with van der Waals surface area (Å²) < 4.78 is 24.0. The van der Waals surface area contributed by atoms with Crippen molar-refractivity contribution in [3.63, 3.8) is 0 Å². The number of nitrogens with zero attached hydrogens (tertiary/aromatic N) is 2. The van der Waals surface area contributed by atoms with Crippen LogP contribution in [0.2, 0.25) is 0 Å². The number of aromatic nitrogens is 2. The van der Waals surface area contributed by atoms with Crippen molar-refractivity contribution in [2.45, 2.75) is 20.0 Å². The zero-order chi connectivity index (χ0) is 17.1. The minimum Gasteiger partial charge on any atom is -0.449 e. The molecule has 1 aromatic heterocycles. The molecule has 0 aliphatic rings. The van der Waals surface area contributed by atoms with E-state index in [0.717, 1.165) is 11.6 Å². The van der Waals surface area contributed by atoms with Crippen LogP contribution in [0.4, 0.5) is 4.39 Å². The number of halogens is 1. The van der Waals surface area contributed by atoms with Crippen molar-refractivity contribution < 1.29 is 18.4 Å². The van der Waals surface area contributed by atoms with Gasteiger partial charge >= 0.3 is 5.97 Å². The first-order chi connectivity index (χ1) is 11.5. The van der Waals surface area contributed by atoms with Crippen LogP contribution in [0.15, 0.2) is 53.1 Å². The molecule has 1 atom stereocenters. The van der Waals surface area contributed by atoms with Crippen LogP contribution < -0.4 is 0 Å². The van der Waals surface area contributed by atoms with Crippen LogP contribution in [0.3, 0.4) is 0 Å². The van der Waals surface area contributed by atoms with Gasteiger partial charge in [0, 0.05) is 5.56 Å². The highest BCUT2D eigenvalue weighted by Crippen LogP contribution is 2.21. The molecular weight excluding hydrogens is 311 g/mol. The van der Waals surface area contributed by atoms with Gasteiger partial charge in [0.2, 0.25) is 5.82 Å². The smallest absolute Gasteiger partial charge is 0.339 e. The van der Waals surface area contributed by atoms with Gasteiger partial charge in [-0.3, -0.25) is 0 Å². The van der Waals surface area contributed by atoms with Gasteiger partial charge in [-0.05, 0) is 31.5 Å². The van der Waals surface area contributed by atoms with E-state index >= 15 is 0 Å². The third kappa shape index (κ3) is 3.32. The van der Waals surface area contributed by atoms with Crippen molar-refractivity contribution in [1.29, 1.82) is 0 Å². The SMILES string of the molecule is Cc1ccc(C(=O)O[C@@H](C)c2nc(-c3ccccc3)no2)cc1F. The molecule has 5 nitrogen and oxygen atoms in total. The molecule has 0 N–H and O–H groups in total. The van der Waals surface area contributed by atoms with Gasteiger partial charge in [0.25, 0.3) is 5.89 Å². The number of benzene rings is 2. The van der Waals surface area contributed by atoms with E-state index in [2.05, 4.69) is 10.1 Å². The van der Waals surface area contributed by atoms with E-state index in [0.29, 0.717) is 11.4 Å². The predicted octanol–water partition coefficient (Wildman–Crippen LogP) is 4.10. The molecule has 0 unspecified atom stereocenters. The van der Waals surface area contributed by atoms with E-state index < -0.39 is 17.9 Å². The number of ether oxygens (including phenoxy) is 1. The standard InChI is InChI=1S/C18H15FN2O3/c1-11-8-9-14(10-15(11)19)18(22)23-12(2)17-20-16(21-24-17)13-6-4-3-5-7-13/h3-10,12H,1-2H3/t12-/m0/s1. The molecule has 0 aliphatic carbocycles. The maximum atomic E-state index is 13.5. The molecule has 2 aromatic carbocycles. The Balaban J connectivity index is 1.73. The van der Waals surface area contributed by atoms with Gasteiger partial charge in [-0.15, -0.1) is 0 Å². The zero-order valence-electron chi connectivity index (χ0n) is 13.2. The number of hydrogen-bond acceptors (Lipinski definition) is 5. The van der Waals surface area contributed by atoms with Crippen molar-refractivity contribution in [3.05, 3.63) is 71.4 Å². The molecule has 0 radical (unpaired) electrons. The molecule has 0 saturated carbocycles. The van der Waals surface area contributed by atoms with E-state index in [1.54, 1.807) is 13.8 Å². The first-order valence-corrected chi connectivity index (χ1v) is 7.41. The van der Waals surface area contributed by atoms with Crippen LogP contribution in [0.25, 0.3) is 11.4 Å². The van der Waals surface area contributed by atoms with Gasteiger partial charge in [-0.25, -0.2) is 9.18 Å². The highest BCUT2D eigenvalue weighted by atomic mass is 19.1. The maximum Gasteiger partial charge on any atom is 0.339 e. The predicted molar refractivity (Wildman–Crippen MR) is 84.7 cm³/mol. The minimum absolute atomic E-state index is 0.132. The van der Waals surface area contributed by atoms with E-state index in [1.165, 1.54) is 12.1 Å². The van der Waals surface area contributed by atoms with Crippen molar-refractivity contribution in [2.75, 3.05) is 0 Å². The monoisotopic (exact) mass is 326 g/mol. The highest BCUT2D eigenvalue weighted by Gasteiger charge is 2.20. The highest BCUT2D eigenvalue weighted by molar-refractivity contribution is 5.89. The quantitative estimate of drug-likeness (QED) is 0.675. The van der Waals surface area contributed by atoms with Crippen molar-refractivity contribution >= 4 is 5.97 Å². The lowest BCUT2D eigenvalue weighted by Crippen LogP contribution is -2.10. The fourth-order valence-electron chi connectivity index (χ4n) is 2.10. The topological polar surface area (TPSA) is 65.2 Å². The summed E-state index contributed by atoms with van der Waals surface area (Å²) >= 11 is 0. The van der Waals surface area contributed by atoms with Crippen LogP contribution in [0.5, 0.6) is 0 Å². The Hall–Kier alpha value is -3.02. The number of esters is 1. The van der Waals surface area contributed by atoms with Crippen molar-refractivity contribution in [2.24, 2.45) is 0 Å². The third-order valence-electron chi connectivity index (χ3n) is 3.51. The summed E-state index contributed by atoms with van der Waals surface area (Å²) in [7, 11) is 0. The third-order valence-corrected chi connectivity index (χ3v) is 3.51. The summed E-state index contributed by atoms with van der Waals surface area (Å²) in [6, 6.07) is 13.5. The fraction of sp³-hybridized carbons (Fsp3) is 0.167. The van der Waals surface area contributed by atoms with Crippen molar-refractivity contribution in [1.82, 2.24) is 10.1 Å². The van der Waals surface area contributed by atoms with Crippen LogP contribution >= 0.6 is 0 Å². The summed E-state index contributed by atoms with van der Waals surface area (Å²) in [5.41, 5.74) is 1.39. The summed E-state index contributed by atoms with van der Waals surface area (Å²) in [5, 5.41) is 3.88. The molecule has 6 heteroatoms. The molecule has 3 rings (SSSR count). The zero-order valence-corrected chi connectivity index (χ0v) is 13.2. The van der Waals surface area contributed by atoms with Crippen LogP contribution in [-0.4, -0.2) is 16.1 Å². The van der Waals surface area contributed by atoms with E-state index in [4.69, 9.17) is 9.26 Å². The Kier molecular flexibility index (Phi) is 4.37. The molecule has 24 heavy (non-hydrogen) atoms. The number of carbonyl (C=O) groups is 1. The van der Waals surface area contributed by atoms with Gasteiger partial charge in [-0.2, -0.15) is 4.98 Å². The molecule has 0 fully saturated rings. The number of rotatable bonds is 4. The Bertz CT molecular complexity index is 862. The summed E-state index contributed by atoms with van der Waals surface area (Å²) in [6.45, 7) is 3.24. The van der Waals surface area contributed by atoms with Gasteiger partial charge in [-0.1, -0.05) is 41.6 Å².